The van der Waals surface area contributed by atoms with Gasteiger partial charge in [-0.15, -0.1) is 0 Å². The molecule has 1 aliphatic rings. The van der Waals surface area contributed by atoms with Gasteiger partial charge in [-0.3, -0.25) is 9.79 Å². The van der Waals surface area contributed by atoms with Crippen molar-refractivity contribution in [3.05, 3.63) is 71.8 Å². The van der Waals surface area contributed by atoms with Crippen molar-refractivity contribution >= 4 is 11.7 Å². The van der Waals surface area contributed by atoms with E-state index in [9.17, 15) is 4.79 Å². The average Bonchev–Trinajstić information content (AvgIpc) is 3.00. The molecule has 4 nitrogen and oxygen atoms in total. The van der Waals surface area contributed by atoms with Crippen LogP contribution in [-0.4, -0.2) is 24.9 Å². The second-order valence-corrected chi connectivity index (χ2v) is 5.05. The van der Waals surface area contributed by atoms with Gasteiger partial charge in [0.25, 0.3) is 0 Å². The Labute approximate surface area is 129 Å². The lowest BCUT2D eigenvalue weighted by atomic mass is 10.0. The Morgan fingerprint density at radius 1 is 1.09 bits per heavy atom. The standard InChI is InChI=1S/C18H17NO3/c1-21-16(20)12-15-17(13-8-4-2-5-9-13)19-18(22-15)14-10-6-3-7-11-14/h2-11,15,18H,12H2,1H3. The number of methoxy groups -OCH3 is 1. The van der Waals surface area contributed by atoms with Gasteiger partial charge < -0.3 is 9.47 Å². The Morgan fingerprint density at radius 2 is 1.73 bits per heavy atom. The lowest BCUT2D eigenvalue weighted by molar-refractivity contribution is -0.143. The van der Waals surface area contributed by atoms with Crippen LogP contribution in [0.2, 0.25) is 0 Å². The molecule has 2 atom stereocenters. The molecule has 3 rings (SSSR count). The third-order valence-electron chi connectivity index (χ3n) is 3.59. The summed E-state index contributed by atoms with van der Waals surface area (Å²) < 4.78 is 10.7. The van der Waals surface area contributed by atoms with E-state index in [0.717, 1.165) is 16.8 Å². The predicted molar refractivity (Wildman–Crippen MR) is 83.7 cm³/mol. The highest BCUT2D eigenvalue weighted by Gasteiger charge is 2.32. The molecule has 0 aliphatic carbocycles. The molecule has 2 aromatic carbocycles. The van der Waals surface area contributed by atoms with Crippen LogP contribution in [-0.2, 0) is 14.3 Å². The van der Waals surface area contributed by atoms with Crippen molar-refractivity contribution in [3.8, 4) is 0 Å². The molecule has 2 aromatic rings. The minimum absolute atomic E-state index is 0.160. The Hall–Kier alpha value is -2.46. The zero-order valence-corrected chi connectivity index (χ0v) is 12.3. The number of esters is 1. The van der Waals surface area contributed by atoms with Crippen LogP contribution in [0.4, 0.5) is 0 Å². The number of benzene rings is 2. The lowest BCUT2D eigenvalue weighted by Crippen LogP contribution is -2.24. The summed E-state index contributed by atoms with van der Waals surface area (Å²) >= 11 is 0. The summed E-state index contributed by atoms with van der Waals surface area (Å²) in [6.45, 7) is 0. The fourth-order valence-corrected chi connectivity index (χ4v) is 2.48. The van der Waals surface area contributed by atoms with Crippen molar-refractivity contribution in [2.45, 2.75) is 18.8 Å². The fraction of sp³-hybridized carbons (Fsp3) is 0.222. The summed E-state index contributed by atoms with van der Waals surface area (Å²) in [5, 5.41) is 0. The van der Waals surface area contributed by atoms with E-state index in [4.69, 9.17) is 9.47 Å². The maximum absolute atomic E-state index is 11.6. The number of ether oxygens (including phenoxy) is 2. The Morgan fingerprint density at radius 3 is 2.36 bits per heavy atom. The van der Waals surface area contributed by atoms with E-state index in [-0.39, 0.29) is 24.7 Å². The first-order valence-electron chi connectivity index (χ1n) is 7.18. The highest BCUT2D eigenvalue weighted by atomic mass is 16.5. The molecular formula is C18H17NO3. The molecule has 1 aliphatic heterocycles. The molecule has 1 heterocycles. The largest absolute Gasteiger partial charge is 0.469 e. The fourth-order valence-electron chi connectivity index (χ4n) is 2.48. The van der Waals surface area contributed by atoms with Crippen LogP contribution >= 0.6 is 0 Å². The van der Waals surface area contributed by atoms with Gasteiger partial charge >= 0.3 is 5.97 Å². The van der Waals surface area contributed by atoms with Crippen LogP contribution in [0.25, 0.3) is 0 Å². The molecule has 0 aromatic heterocycles. The van der Waals surface area contributed by atoms with E-state index in [1.54, 1.807) is 0 Å². The van der Waals surface area contributed by atoms with Crippen LogP contribution in [0.1, 0.15) is 23.8 Å². The zero-order valence-electron chi connectivity index (χ0n) is 12.3. The molecule has 0 saturated heterocycles. The van der Waals surface area contributed by atoms with E-state index >= 15 is 0 Å². The third kappa shape index (κ3) is 3.07. The Balaban J connectivity index is 1.91. The molecule has 0 radical (unpaired) electrons. The van der Waals surface area contributed by atoms with Crippen molar-refractivity contribution in [2.75, 3.05) is 7.11 Å². The smallest absolute Gasteiger partial charge is 0.308 e. The van der Waals surface area contributed by atoms with E-state index < -0.39 is 0 Å². The van der Waals surface area contributed by atoms with Crippen LogP contribution in [0.15, 0.2) is 65.7 Å². The second kappa shape index (κ2) is 6.54. The van der Waals surface area contributed by atoms with Gasteiger partial charge in [0.2, 0.25) is 0 Å². The SMILES string of the molecule is COC(=O)CC1OC(c2ccccc2)N=C1c1ccccc1. The van der Waals surface area contributed by atoms with E-state index in [2.05, 4.69) is 4.99 Å². The van der Waals surface area contributed by atoms with Crippen LogP contribution in [0.5, 0.6) is 0 Å². The number of hydrogen-bond acceptors (Lipinski definition) is 4. The summed E-state index contributed by atoms with van der Waals surface area (Å²) in [7, 11) is 1.38. The summed E-state index contributed by atoms with van der Waals surface area (Å²) in [4.78, 5) is 16.3. The zero-order chi connectivity index (χ0) is 15.4. The van der Waals surface area contributed by atoms with Crippen LogP contribution < -0.4 is 0 Å². The molecule has 0 saturated carbocycles. The molecule has 0 spiro atoms. The maximum Gasteiger partial charge on any atom is 0.308 e. The summed E-state index contributed by atoms with van der Waals surface area (Å²) in [6.07, 6.45) is -0.612. The van der Waals surface area contributed by atoms with Crippen molar-refractivity contribution in [1.29, 1.82) is 0 Å². The van der Waals surface area contributed by atoms with Crippen LogP contribution in [0, 0.1) is 0 Å². The van der Waals surface area contributed by atoms with E-state index in [1.165, 1.54) is 7.11 Å². The molecule has 0 fully saturated rings. The van der Waals surface area contributed by atoms with Crippen molar-refractivity contribution in [3.63, 3.8) is 0 Å². The minimum Gasteiger partial charge on any atom is -0.469 e. The minimum atomic E-state index is -0.389. The number of rotatable bonds is 4. The number of carbonyl (C=O) groups is 1. The molecular weight excluding hydrogens is 278 g/mol. The van der Waals surface area contributed by atoms with Crippen molar-refractivity contribution in [1.82, 2.24) is 0 Å². The number of hydrogen-bond donors (Lipinski definition) is 0. The van der Waals surface area contributed by atoms with Gasteiger partial charge in [0.15, 0.2) is 6.23 Å². The first-order chi connectivity index (χ1) is 10.8. The van der Waals surface area contributed by atoms with Crippen LogP contribution in [0.3, 0.4) is 0 Å². The van der Waals surface area contributed by atoms with Gasteiger partial charge in [0.1, 0.15) is 6.10 Å². The summed E-state index contributed by atoms with van der Waals surface area (Å²) in [5.41, 5.74) is 2.73. The van der Waals surface area contributed by atoms with E-state index in [1.807, 2.05) is 60.7 Å². The number of nitrogens with zero attached hydrogens (tertiary/aromatic N) is 1. The Bertz CT molecular complexity index is 667. The monoisotopic (exact) mass is 295 g/mol. The van der Waals surface area contributed by atoms with E-state index in [0.29, 0.717) is 0 Å². The molecule has 0 bridgehead atoms. The molecule has 0 N–H and O–H groups in total. The average molecular weight is 295 g/mol. The summed E-state index contributed by atoms with van der Waals surface area (Å²) in [5.74, 6) is -0.303. The first-order valence-corrected chi connectivity index (χ1v) is 7.18. The molecule has 4 heteroatoms. The normalized spacial score (nSPS) is 20.5. The maximum atomic E-state index is 11.6. The molecule has 0 amide bonds. The molecule has 112 valence electrons. The van der Waals surface area contributed by atoms with Gasteiger partial charge in [-0.25, -0.2) is 0 Å². The van der Waals surface area contributed by atoms with Gasteiger partial charge in [-0.1, -0.05) is 60.7 Å². The van der Waals surface area contributed by atoms with Gasteiger partial charge in [-0.05, 0) is 5.56 Å². The van der Waals surface area contributed by atoms with Crippen molar-refractivity contribution in [2.24, 2.45) is 4.99 Å². The lowest BCUT2D eigenvalue weighted by Gasteiger charge is -2.13. The van der Waals surface area contributed by atoms with Gasteiger partial charge in [0, 0.05) is 5.56 Å². The Kier molecular flexibility index (Phi) is 4.30. The predicted octanol–water partition coefficient (Wildman–Crippen LogP) is 3.14. The number of carbonyl (C=O) groups excluding carboxylic acids is 1. The highest BCUT2D eigenvalue weighted by molar-refractivity contribution is 6.06. The molecule has 2 unspecified atom stereocenters. The quantitative estimate of drug-likeness (QED) is 0.814. The topological polar surface area (TPSA) is 47.9 Å². The highest BCUT2D eigenvalue weighted by Crippen LogP contribution is 2.31. The van der Waals surface area contributed by atoms with Gasteiger partial charge in [0.05, 0.1) is 19.2 Å². The first kappa shape index (κ1) is 14.5. The number of aliphatic imine (C=N–C) groups is 1. The molecule has 22 heavy (non-hydrogen) atoms. The second-order valence-electron chi connectivity index (χ2n) is 5.05. The van der Waals surface area contributed by atoms with Crippen molar-refractivity contribution < 1.29 is 14.3 Å². The van der Waals surface area contributed by atoms with Gasteiger partial charge in [-0.2, -0.15) is 0 Å². The summed E-state index contributed by atoms with van der Waals surface area (Å²) in [6, 6.07) is 19.6. The third-order valence-corrected chi connectivity index (χ3v) is 3.59.